The van der Waals surface area contributed by atoms with Crippen LogP contribution < -0.4 is 0 Å². The van der Waals surface area contributed by atoms with Crippen molar-refractivity contribution in [2.24, 2.45) is 0 Å². The molecular formula is C13H8F8N2OS. The molecule has 0 saturated carbocycles. The van der Waals surface area contributed by atoms with Gasteiger partial charge >= 0.3 is 12.4 Å². The molecule has 0 spiro atoms. The van der Waals surface area contributed by atoms with E-state index in [-0.39, 0.29) is 5.56 Å². The van der Waals surface area contributed by atoms with Crippen molar-refractivity contribution in [1.82, 2.24) is 10.2 Å². The van der Waals surface area contributed by atoms with E-state index in [9.17, 15) is 39.7 Å². The molecule has 1 atom stereocenters. The normalized spacial score (nSPS) is 14.2. The fourth-order valence-corrected chi connectivity index (χ4v) is 3.16. The van der Waals surface area contributed by atoms with Gasteiger partial charge in [0.1, 0.15) is 0 Å². The molecule has 0 saturated heterocycles. The van der Waals surface area contributed by atoms with Crippen LogP contribution in [0.15, 0.2) is 29.3 Å². The Balaban J connectivity index is 2.53. The first kappa shape index (κ1) is 19.5. The Morgan fingerprint density at radius 2 is 1.76 bits per heavy atom. The maximum Gasteiger partial charge on any atom is 0.435 e. The number of halogens is 8. The van der Waals surface area contributed by atoms with Crippen LogP contribution in [0, 0.1) is 0 Å². The molecular weight excluding hydrogens is 384 g/mol. The Labute approximate surface area is 138 Å². The number of nitrogens with one attached hydrogen (secondary N) is 1. The summed E-state index contributed by atoms with van der Waals surface area (Å²) in [4.78, 5) is -0.876. The summed E-state index contributed by atoms with van der Waals surface area (Å²) in [5.41, 5.74) is -3.21. The van der Waals surface area contributed by atoms with E-state index < -0.39 is 57.4 Å². The van der Waals surface area contributed by atoms with Crippen LogP contribution in [0.5, 0.6) is 0 Å². The van der Waals surface area contributed by atoms with Crippen LogP contribution in [0.4, 0.5) is 35.1 Å². The van der Waals surface area contributed by atoms with Gasteiger partial charge in [-0.15, -0.1) is 0 Å². The number of alkyl halides is 8. The average molecular weight is 392 g/mol. The Morgan fingerprint density at radius 3 is 2.28 bits per heavy atom. The fourth-order valence-electron chi connectivity index (χ4n) is 2.03. The number of nitrogens with zero attached hydrogens (tertiary/aromatic N) is 1. The summed E-state index contributed by atoms with van der Waals surface area (Å²) in [6.07, 6.45) is -12.2. The first-order chi connectivity index (χ1) is 11.4. The topological polar surface area (TPSA) is 51.7 Å². The van der Waals surface area contributed by atoms with Crippen molar-refractivity contribution in [3.63, 3.8) is 0 Å². The molecule has 138 valence electrons. The van der Waals surface area contributed by atoms with E-state index in [4.69, 9.17) is 0 Å². The monoisotopic (exact) mass is 392 g/mol. The van der Waals surface area contributed by atoms with Gasteiger partial charge in [0.2, 0.25) is 5.75 Å². The van der Waals surface area contributed by atoms with Crippen molar-refractivity contribution < 1.29 is 39.7 Å². The number of H-pyrrole nitrogens is 1. The lowest BCUT2D eigenvalue weighted by molar-refractivity contribution is -0.140. The predicted molar refractivity (Wildman–Crippen MR) is 71.3 cm³/mol. The molecule has 0 fully saturated rings. The molecule has 1 N–H and O–H groups in total. The number of rotatable bonds is 4. The highest BCUT2D eigenvalue weighted by atomic mass is 32.2. The summed E-state index contributed by atoms with van der Waals surface area (Å²) in [5, 5.41) is 4.95. The highest BCUT2D eigenvalue weighted by Crippen LogP contribution is 2.38. The molecule has 25 heavy (non-hydrogen) atoms. The molecule has 12 heteroatoms. The maximum absolute atomic E-state index is 12.9. The minimum atomic E-state index is -4.90. The van der Waals surface area contributed by atoms with Gasteiger partial charge in [-0.2, -0.15) is 31.4 Å². The van der Waals surface area contributed by atoms with Crippen LogP contribution in [0.2, 0.25) is 0 Å². The van der Waals surface area contributed by atoms with Crippen molar-refractivity contribution in [2.75, 3.05) is 5.75 Å². The molecule has 1 heterocycles. The number of aromatic nitrogens is 2. The Kier molecular flexibility index (Phi) is 5.33. The van der Waals surface area contributed by atoms with Crippen molar-refractivity contribution in [2.45, 2.75) is 23.7 Å². The number of hydrogen-bond donors (Lipinski definition) is 1. The standard InChI is InChI=1S/C13H8F8N2OS/c14-11(15)7-2-1-6(3-9(7)25(24)5-12(16,17)18)8-4-22-23-10(8)13(19,20)21/h1-4,11H,5H2,(H,22,23). The molecule has 1 aromatic heterocycles. The smallest absolute Gasteiger partial charge is 0.435 e. The lowest BCUT2D eigenvalue weighted by Gasteiger charge is -2.16. The average Bonchev–Trinajstić information content (AvgIpc) is 2.94. The van der Waals surface area contributed by atoms with Gasteiger partial charge in [0.15, 0.2) is 10.6 Å². The number of aromatic amines is 1. The van der Waals surface area contributed by atoms with Gasteiger partial charge in [0.05, 0.1) is 5.56 Å². The summed E-state index contributed by atoms with van der Waals surface area (Å²) < 4.78 is 113. The van der Waals surface area contributed by atoms with E-state index in [1.165, 1.54) is 0 Å². The van der Waals surface area contributed by atoms with Crippen molar-refractivity contribution in [3.8, 4) is 11.1 Å². The molecule has 1 aromatic carbocycles. The van der Waals surface area contributed by atoms with Crippen molar-refractivity contribution in [3.05, 3.63) is 35.7 Å². The zero-order valence-corrected chi connectivity index (χ0v) is 12.7. The molecule has 0 radical (unpaired) electrons. The Hall–Kier alpha value is -1.82. The number of benzene rings is 1. The lowest BCUT2D eigenvalue weighted by Crippen LogP contribution is -2.24. The van der Waals surface area contributed by atoms with Gasteiger partial charge < -0.3 is 4.55 Å². The quantitative estimate of drug-likeness (QED) is 0.606. The van der Waals surface area contributed by atoms with Crippen LogP contribution >= 0.6 is 0 Å². The molecule has 0 aliphatic carbocycles. The van der Waals surface area contributed by atoms with Crippen molar-refractivity contribution >= 4 is 11.2 Å². The summed E-state index contributed by atoms with van der Waals surface area (Å²) >= 11 is -2.90. The van der Waals surface area contributed by atoms with E-state index in [1.54, 1.807) is 0 Å². The van der Waals surface area contributed by atoms with Gasteiger partial charge in [-0.1, -0.05) is 6.07 Å². The maximum atomic E-state index is 12.9. The highest BCUT2D eigenvalue weighted by molar-refractivity contribution is 7.91. The van der Waals surface area contributed by atoms with Gasteiger partial charge in [0, 0.05) is 17.8 Å². The summed E-state index contributed by atoms with van der Waals surface area (Å²) in [6.45, 7) is 0. The van der Waals surface area contributed by atoms with Gasteiger partial charge in [0.25, 0.3) is 6.43 Å². The SMILES string of the molecule is [O-][S+](CC(F)(F)F)c1cc(-c2c[nH]nc2C(F)(F)F)ccc1C(F)F. The first-order valence-corrected chi connectivity index (χ1v) is 7.70. The predicted octanol–water partition coefficient (Wildman–Crippen LogP) is 4.70. The molecule has 1 unspecified atom stereocenters. The van der Waals surface area contributed by atoms with Crippen LogP contribution in [-0.4, -0.2) is 26.7 Å². The molecule has 0 bridgehead atoms. The first-order valence-electron chi connectivity index (χ1n) is 6.38. The zero-order valence-electron chi connectivity index (χ0n) is 11.9. The van der Waals surface area contributed by atoms with Gasteiger partial charge in [-0.25, -0.2) is 8.78 Å². The van der Waals surface area contributed by atoms with Crippen LogP contribution in [-0.2, 0) is 17.4 Å². The van der Waals surface area contributed by atoms with E-state index >= 15 is 0 Å². The highest BCUT2D eigenvalue weighted by Gasteiger charge is 2.39. The van der Waals surface area contributed by atoms with Crippen LogP contribution in [0.25, 0.3) is 11.1 Å². The van der Waals surface area contributed by atoms with E-state index in [0.29, 0.717) is 12.1 Å². The Bertz CT molecular complexity index is 740. The van der Waals surface area contributed by atoms with E-state index in [2.05, 4.69) is 5.10 Å². The Morgan fingerprint density at radius 1 is 1.12 bits per heavy atom. The molecule has 2 aromatic rings. The summed E-state index contributed by atoms with van der Waals surface area (Å²) in [5.74, 6) is -1.90. The molecule has 0 aliphatic rings. The summed E-state index contributed by atoms with van der Waals surface area (Å²) in [7, 11) is 0. The third-order valence-corrected chi connectivity index (χ3v) is 4.44. The van der Waals surface area contributed by atoms with E-state index in [0.717, 1.165) is 12.3 Å². The fraction of sp³-hybridized carbons (Fsp3) is 0.308. The second-order valence-electron chi connectivity index (χ2n) is 4.80. The molecule has 3 nitrogen and oxygen atoms in total. The van der Waals surface area contributed by atoms with Gasteiger partial charge in [-0.05, 0) is 22.8 Å². The van der Waals surface area contributed by atoms with Crippen LogP contribution in [0.3, 0.4) is 0 Å². The van der Waals surface area contributed by atoms with Gasteiger partial charge in [-0.3, -0.25) is 5.10 Å². The lowest BCUT2D eigenvalue weighted by atomic mass is 10.0. The molecule has 2 rings (SSSR count). The van der Waals surface area contributed by atoms with E-state index in [1.807, 2.05) is 5.10 Å². The minimum absolute atomic E-state index is 0.337. The third-order valence-electron chi connectivity index (χ3n) is 3.01. The molecule has 0 amide bonds. The minimum Gasteiger partial charge on any atom is -0.611 e. The molecule has 0 aliphatic heterocycles. The van der Waals surface area contributed by atoms with Crippen LogP contribution in [0.1, 0.15) is 17.7 Å². The second-order valence-corrected chi connectivity index (χ2v) is 6.22. The largest absolute Gasteiger partial charge is 0.611 e. The number of hydrogen-bond acceptors (Lipinski definition) is 2. The zero-order chi connectivity index (χ0) is 19.0. The second kappa shape index (κ2) is 6.83. The third kappa shape index (κ3) is 4.63. The van der Waals surface area contributed by atoms with Crippen molar-refractivity contribution in [1.29, 1.82) is 0 Å². The summed E-state index contributed by atoms with van der Waals surface area (Å²) in [6, 6.07) is 2.15.